The molecule has 2 aromatic heterocycles. The summed E-state index contributed by atoms with van der Waals surface area (Å²) >= 11 is 2.61. The zero-order valence-corrected chi connectivity index (χ0v) is 16.8. The summed E-state index contributed by atoms with van der Waals surface area (Å²) in [4.78, 5) is 16.7. The van der Waals surface area contributed by atoms with Crippen LogP contribution in [-0.4, -0.2) is 19.4 Å². The van der Waals surface area contributed by atoms with Crippen molar-refractivity contribution in [2.45, 2.75) is 10.8 Å². The molecule has 1 N–H and O–H groups in total. The van der Waals surface area contributed by atoms with E-state index in [1.54, 1.807) is 11.4 Å². The van der Waals surface area contributed by atoms with Crippen molar-refractivity contribution in [2.24, 2.45) is 0 Å². The van der Waals surface area contributed by atoms with Crippen LogP contribution in [0.15, 0.2) is 70.3 Å². The van der Waals surface area contributed by atoms with E-state index in [9.17, 15) is 13.2 Å². The minimum Gasteiger partial charge on any atom is -0.455 e. The van der Waals surface area contributed by atoms with Gasteiger partial charge in [0.05, 0.1) is 15.8 Å². The van der Waals surface area contributed by atoms with E-state index in [0.717, 1.165) is 26.6 Å². The summed E-state index contributed by atoms with van der Waals surface area (Å²) in [5.41, 5.74) is 1.58. The zero-order valence-electron chi connectivity index (χ0n) is 14.4. The van der Waals surface area contributed by atoms with E-state index < -0.39 is 16.0 Å². The third-order valence-electron chi connectivity index (χ3n) is 3.80. The molecule has 142 valence electrons. The Kier molecular flexibility index (Phi) is 5.12. The summed E-state index contributed by atoms with van der Waals surface area (Å²) in [6.07, 6.45) is 0. The number of ether oxygens (including phenoxy) is 1. The van der Waals surface area contributed by atoms with Crippen LogP contribution in [0, 0.1) is 0 Å². The molecule has 0 radical (unpaired) electrons. The Morgan fingerprint density at radius 3 is 2.54 bits per heavy atom. The Hall–Kier alpha value is -2.75. The van der Waals surface area contributed by atoms with Crippen LogP contribution < -0.4 is 4.72 Å². The second kappa shape index (κ2) is 7.70. The van der Waals surface area contributed by atoms with Crippen molar-refractivity contribution >= 4 is 54.6 Å². The summed E-state index contributed by atoms with van der Waals surface area (Å²) in [5, 5.41) is 2.41. The van der Waals surface area contributed by atoms with Gasteiger partial charge in [-0.05, 0) is 47.8 Å². The molecule has 4 rings (SSSR count). The van der Waals surface area contributed by atoms with Gasteiger partial charge in [-0.3, -0.25) is 4.72 Å². The molecule has 0 unspecified atom stereocenters. The number of nitrogens with one attached hydrogen (secondary N) is 1. The normalized spacial score (nSPS) is 11.4. The molecule has 9 heteroatoms. The molecule has 0 spiro atoms. The van der Waals surface area contributed by atoms with Crippen LogP contribution >= 0.6 is 22.7 Å². The third-order valence-corrected chi connectivity index (χ3v) is 7.59. The van der Waals surface area contributed by atoms with Gasteiger partial charge >= 0.3 is 5.97 Å². The molecule has 2 heterocycles. The summed E-state index contributed by atoms with van der Waals surface area (Å²) in [6, 6.07) is 17.0. The number of thiophene rings is 1. The first-order valence-corrected chi connectivity index (χ1v) is 11.4. The molecule has 0 aliphatic rings. The molecule has 28 heavy (non-hydrogen) atoms. The largest absolute Gasteiger partial charge is 0.455 e. The lowest BCUT2D eigenvalue weighted by atomic mass is 10.2. The van der Waals surface area contributed by atoms with Crippen LogP contribution in [-0.2, 0) is 21.4 Å². The topological polar surface area (TPSA) is 85.4 Å². The number of benzene rings is 2. The summed E-state index contributed by atoms with van der Waals surface area (Å²) in [6.45, 7) is 0.0882. The molecule has 2 aromatic carbocycles. The van der Waals surface area contributed by atoms with E-state index in [4.69, 9.17) is 4.74 Å². The lowest BCUT2D eigenvalue weighted by Crippen LogP contribution is -2.11. The van der Waals surface area contributed by atoms with Gasteiger partial charge in [-0.25, -0.2) is 18.2 Å². The van der Waals surface area contributed by atoms with Crippen LogP contribution in [0.2, 0.25) is 0 Å². The standard InChI is InChI=1S/C19H14N2O4S3/c22-19(25-12-17-20-15-4-1-2-5-16(15)27-17)13-7-9-14(10-8-13)21-28(23,24)18-6-3-11-26-18/h1-11,21H,12H2. The Morgan fingerprint density at radius 1 is 1.04 bits per heavy atom. The van der Waals surface area contributed by atoms with Crippen molar-refractivity contribution in [3.63, 3.8) is 0 Å². The molecule has 0 bridgehead atoms. The fraction of sp³-hybridized carbons (Fsp3) is 0.0526. The number of fused-ring (bicyclic) bond motifs is 1. The number of thiazole rings is 1. The van der Waals surface area contributed by atoms with Crippen LogP contribution in [0.4, 0.5) is 5.69 Å². The predicted molar refractivity (Wildman–Crippen MR) is 110 cm³/mol. The molecule has 0 fully saturated rings. The Morgan fingerprint density at radius 2 is 1.82 bits per heavy atom. The van der Waals surface area contributed by atoms with Crippen LogP contribution in [0.3, 0.4) is 0 Å². The second-order valence-electron chi connectivity index (χ2n) is 5.77. The average molecular weight is 431 g/mol. The number of carbonyl (C=O) groups is 1. The van der Waals surface area contributed by atoms with Crippen molar-refractivity contribution in [1.82, 2.24) is 4.98 Å². The molecule has 0 saturated heterocycles. The van der Waals surface area contributed by atoms with Crippen molar-refractivity contribution in [3.05, 3.63) is 76.6 Å². The fourth-order valence-electron chi connectivity index (χ4n) is 2.49. The maximum atomic E-state index is 12.2. The molecule has 0 atom stereocenters. The van der Waals surface area contributed by atoms with Crippen molar-refractivity contribution in [2.75, 3.05) is 4.72 Å². The van der Waals surface area contributed by atoms with Crippen molar-refractivity contribution in [1.29, 1.82) is 0 Å². The minimum absolute atomic E-state index is 0.0882. The highest BCUT2D eigenvalue weighted by atomic mass is 32.2. The average Bonchev–Trinajstić information content (AvgIpc) is 3.36. The van der Waals surface area contributed by atoms with Crippen LogP contribution in [0.1, 0.15) is 15.4 Å². The Labute approximate surface area is 169 Å². The highest BCUT2D eigenvalue weighted by molar-refractivity contribution is 7.94. The van der Waals surface area contributed by atoms with Gasteiger partial charge in [0.15, 0.2) is 0 Å². The number of hydrogen-bond acceptors (Lipinski definition) is 7. The minimum atomic E-state index is -3.62. The molecule has 6 nitrogen and oxygen atoms in total. The first kappa shape index (κ1) is 18.6. The van der Waals surface area contributed by atoms with Gasteiger partial charge in [-0.2, -0.15) is 0 Å². The lowest BCUT2D eigenvalue weighted by Gasteiger charge is -2.07. The number of esters is 1. The summed E-state index contributed by atoms with van der Waals surface area (Å²) < 4.78 is 33.5. The van der Waals surface area contributed by atoms with E-state index >= 15 is 0 Å². The number of para-hydroxylation sites is 1. The molecular formula is C19H14N2O4S3. The molecule has 0 amide bonds. The van der Waals surface area contributed by atoms with Gasteiger partial charge < -0.3 is 4.74 Å². The van der Waals surface area contributed by atoms with E-state index in [1.807, 2.05) is 24.3 Å². The zero-order chi connectivity index (χ0) is 19.6. The smallest absolute Gasteiger partial charge is 0.338 e. The Balaban J connectivity index is 1.39. The number of anilines is 1. The maximum Gasteiger partial charge on any atom is 0.338 e. The Bertz CT molecular complexity index is 1180. The van der Waals surface area contributed by atoms with E-state index in [-0.39, 0.29) is 10.8 Å². The quantitative estimate of drug-likeness (QED) is 0.455. The van der Waals surface area contributed by atoms with E-state index in [1.165, 1.54) is 41.7 Å². The molecule has 0 aliphatic heterocycles. The van der Waals surface area contributed by atoms with Gasteiger partial charge in [0.25, 0.3) is 10.0 Å². The number of sulfonamides is 1. The molecular weight excluding hydrogens is 416 g/mol. The van der Waals surface area contributed by atoms with Crippen molar-refractivity contribution in [3.8, 4) is 0 Å². The predicted octanol–water partition coefficient (Wildman–Crippen LogP) is 4.52. The molecule has 4 aromatic rings. The van der Waals surface area contributed by atoms with Crippen LogP contribution in [0.25, 0.3) is 10.2 Å². The second-order valence-corrected chi connectivity index (χ2v) is 9.74. The number of hydrogen-bond donors (Lipinski definition) is 1. The van der Waals surface area contributed by atoms with Gasteiger partial charge in [-0.15, -0.1) is 22.7 Å². The van der Waals surface area contributed by atoms with Gasteiger partial charge in [0, 0.05) is 5.69 Å². The van der Waals surface area contributed by atoms with Crippen LogP contribution in [0.5, 0.6) is 0 Å². The summed E-state index contributed by atoms with van der Waals surface area (Å²) in [7, 11) is -3.62. The maximum absolute atomic E-state index is 12.2. The highest BCUT2D eigenvalue weighted by Crippen LogP contribution is 2.23. The van der Waals surface area contributed by atoms with E-state index in [0.29, 0.717) is 11.3 Å². The van der Waals surface area contributed by atoms with Crippen molar-refractivity contribution < 1.29 is 17.9 Å². The van der Waals surface area contributed by atoms with Gasteiger partial charge in [0.2, 0.25) is 0 Å². The first-order valence-electron chi connectivity index (χ1n) is 8.19. The fourth-order valence-corrected chi connectivity index (χ4v) is 5.42. The molecule has 0 saturated carbocycles. The first-order chi connectivity index (χ1) is 13.5. The van der Waals surface area contributed by atoms with E-state index in [2.05, 4.69) is 9.71 Å². The van der Waals surface area contributed by atoms with Gasteiger partial charge in [0.1, 0.15) is 15.8 Å². The SMILES string of the molecule is O=C(OCc1nc2ccccc2s1)c1ccc(NS(=O)(=O)c2cccs2)cc1. The number of rotatable bonds is 6. The number of carbonyl (C=O) groups excluding carboxylic acids is 1. The lowest BCUT2D eigenvalue weighted by molar-refractivity contribution is 0.0472. The molecule has 0 aliphatic carbocycles. The summed E-state index contributed by atoms with van der Waals surface area (Å²) in [5.74, 6) is -0.494. The highest BCUT2D eigenvalue weighted by Gasteiger charge is 2.16. The van der Waals surface area contributed by atoms with Gasteiger partial charge in [-0.1, -0.05) is 18.2 Å². The third kappa shape index (κ3) is 4.06. The number of aromatic nitrogens is 1. The monoisotopic (exact) mass is 430 g/mol. The number of nitrogens with zero attached hydrogens (tertiary/aromatic N) is 1.